The van der Waals surface area contributed by atoms with Crippen LogP contribution in [0.4, 0.5) is 11.4 Å². The van der Waals surface area contributed by atoms with Crippen molar-refractivity contribution >= 4 is 34.8 Å². The molecule has 3 N–H and O–H groups in total. The van der Waals surface area contributed by atoms with E-state index >= 15 is 0 Å². The SMILES string of the molecule is C[C@H](O)[C@H](NC(=O)C1CC1)C(=O)Nc1ccc(N2CCCC2)c(Cl)c1. The minimum Gasteiger partial charge on any atom is -0.391 e. The van der Waals surface area contributed by atoms with Gasteiger partial charge in [0.25, 0.3) is 0 Å². The lowest BCUT2D eigenvalue weighted by molar-refractivity contribution is -0.129. The van der Waals surface area contributed by atoms with Crippen molar-refractivity contribution in [1.82, 2.24) is 5.32 Å². The first kappa shape index (κ1) is 18.0. The fourth-order valence-electron chi connectivity index (χ4n) is 3.04. The van der Waals surface area contributed by atoms with Crippen molar-refractivity contribution in [2.45, 2.75) is 44.8 Å². The van der Waals surface area contributed by atoms with Gasteiger partial charge in [-0.05, 0) is 50.8 Å². The van der Waals surface area contributed by atoms with Crippen molar-refractivity contribution in [3.05, 3.63) is 23.2 Å². The molecule has 0 unspecified atom stereocenters. The number of aliphatic hydroxyl groups is 1. The van der Waals surface area contributed by atoms with Gasteiger partial charge in [0.2, 0.25) is 11.8 Å². The second-order valence-corrected chi connectivity index (χ2v) is 7.26. The molecule has 7 heteroatoms. The molecule has 2 atom stereocenters. The van der Waals surface area contributed by atoms with Crippen LogP contribution in [0.15, 0.2) is 18.2 Å². The molecule has 0 bridgehead atoms. The maximum absolute atomic E-state index is 12.4. The van der Waals surface area contributed by atoms with Crippen LogP contribution in [0, 0.1) is 5.92 Å². The summed E-state index contributed by atoms with van der Waals surface area (Å²) >= 11 is 6.36. The van der Waals surface area contributed by atoms with Gasteiger partial charge in [-0.1, -0.05) is 11.6 Å². The van der Waals surface area contributed by atoms with E-state index in [1.165, 1.54) is 6.92 Å². The van der Waals surface area contributed by atoms with Gasteiger partial charge < -0.3 is 20.6 Å². The van der Waals surface area contributed by atoms with E-state index < -0.39 is 18.1 Å². The minimum atomic E-state index is -0.984. The molecule has 1 saturated carbocycles. The highest BCUT2D eigenvalue weighted by Crippen LogP contribution is 2.31. The van der Waals surface area contributed by atoms with Crippen LogP contribution in [-0.4, -0.2) is 42.2 Å². The Balaban J connectivity index is 1.65. The number of amides is 2. The van der Waals surface area contributed by atoms with E-state index in [1.807, 2.05) is 6.07 Å². The van der Waals surface area contributed by atoms with E-state index in [0.29, 0.717) is 10.7 Å². The molecular weight excluding hydrogens is 342 g/mol. The van der Waals surface area contributed by atoms with Gasteiger partial charge in [-0.25, -0.2) is 0 Å². The molecule has 1 aromatic carbocycles. The summed E-state index contributed by atoms with van der Waals surface area (Å²) in [6, 6.07) is 4.41. The first-order valence-electron chi connectivity index (χ1n) is 8.79. The molecule has 1 aliphatic heterocycles. The topological polar surface area (TPSA) is 81.7 Å². The fourth-order valence-corrected chi connectivity index (χ4v) is 3.34. The molecule has 1 aliphatic carbocycles. The number of carbonyl (C=O) groups is 2. The molecule has 1 heterocycles. The van der Waals surface area contributed by atoms with Crippen LogP contribution in [0.5, 0.6) is 0 Å². The largest absolute Gasteiger partial charge is 0.391 e. The van der Waals surface area contributed by atoms with Gasteiger partial charge in [-0.3, -0.25) is 9.59 Å². The number of hydrogen-bond acceptors (Lipinski definition) is 4. The van der Waals surface area contributed by atoms with Crippen LogP contribution in [0.25, 0.3) is 0 Å². The third-order valence-electron chi connectivity index (χ3n) is 4.67. The summed E-state index contributed by atoms with van der Waals surface area (Å²) in [7, 11) is 0. The molecule has 0 aromatic heterocycles. The van der Waals surface area contributed by atoms with E-state index in [-0.39, 0.29) is 11.8 Å². The fraction of sp³-hybridized carbons (Fsp3) is 0.556. The van der Waals surface area contributed by atoms with Crippen LogP contribution in [-0.2, 0) is 9.59 Å². The lowest BCUT2D eigenvalue weighted by Gasteiger charge is -2.22. The van der Waals surface area contributed by atoms with E-state index in [2.05, 4.69) is 15.5 Å². The molecule has 1 saturated heterocycles. The zero-order chi connectivity index (χ0) is 18.0. The molecule has 6 nitrogen and oxygen atoms in total. The monoisotopic (exact) mass is 365 g/mol. The molecule has 25 heavy (non-hydrogen) atoms. The summed E-state index contributed by atoms with van der Waals surface area (Å²) in [6.45, 7) is 3.46. The zero-order valence-electron chi connectivity index (χ0n) is 14.3. The highest BCUT2D eigenvalue weighted by molar-refractivity contribution is 6.33. The Hall–Kier alpha value is -1.79. The summed E-state index contributed by atoms with van der Waals surface area (Å²) in [5, 5.41) is 15.8. The van der Waals surface area contributed by atoms with Gasteiger partial charge in [0.1, 0.15) is 6.04 Å². The molecule has 0 spiro atoms. The molecule has 2 aliphatic rings. The quantitative estimate of drug-likeness (QED) is 0.721. The van der Waals surface area contributed by atoms with E-state index in [0.717, 1.165) is 44.5 Å². The number of benzene rings is 1. The molecule has 1 aromatic rings. The average Bonchev–Trinajstić information content (AvgIpc) is 3.28. The Bertz CT molecular complexity index is 655. The van der Waals surface area contributed by atoms with E-state index in [1.54, 1.807) is 12.1 Å². The maximum Gasteiger partial charge on any atom is 0.249 e. The normalized spacial score (nSPS) is 19.4. The molecule has 136 valence electrons. The van der Waals surface area contributed by atoms with Crippen molar-refractivity contribution in [1.29, 1.82) is 0 Å². The maximum atomic E-state index is 12.4. The second-order valence-electron chi connectivity index (χ2n) is 6.85. The van der Waals surface area contributed by atoms with Gasteiger partial charge in [-0.15, -0.1) is 0 Å². The van der Waals surface area contributed by atoms with Gasteiger partial charge in [-0.2, -0.15) is 0 Å². The Morgan fingerprint density at radius 2 is 1.96 bits per heavy atom. The van der Waals surface area contributed by atoms with Crippen LogP contribution in [0.1, 0.15) is 32.6 Å². The number of aliphatic hydroxyl groups excluding tert-OH is 1. The molecule has 0 radical (unpaired) electrons. The summed E-state index contributed by atoms with van der Waals surface area (Å²) in [5.74, 6) is -0.652. The number of halogens is 1. The van der Waals surface area contributed by atoms with Crippen molar-refractivity contribution in [3.63, 3.8) is 0 Å². The van der Waals surface area contributed by atoms with Crippen LogP contribution in [0.3, 0.4) is 0 Å². The van der Waals surface area contributed by atoms with Crippen LogP contribution < -0.4 is 15.5 Å². The van der Waals surface area contributed by atoms with Gasteiger partial charge >= 0.3 is 0 Å². The van der Waals surface area contributed by atoms with E-state index in [9.17, 15) is 14.7 Å². The molecule has 2 amide bonds. The highest BCUT2D eigenvalue weighted by atomic mass is 35.5. The third-order valence-corrected chi connectivity index (χ3v) is 4.98. The van der Waals surface area contributed by atoms with Gasteiger partial charge in [0, 0.05) is 24.7 Å². The number of nitrogens with zero attached hydrogens (tertiary/aromatic N) is 1. The van der Waals surface area contributed by atoms with Crippen molar-refractivity contribution in [3.8, 4) is 0 Å². The Labute approximate surface area is 152 Å². The minimum absolute atomic E-state index is 0.0248. The highest BCUT2D eigenvalue weighted by Gasteiger charge is 2.34. The van der Waals surface area contributed by atoms with Crippen molar-refractivity contribution in [2.24, 2.45) is 5.92 Å². The Kier molecular flexibility index (Phi) is 5.49. The first-order chi connectivity index (χ1) is 12.0. The number of rotatable bonds is 6. The number of nitrogens with one attached hydrogen (secondary N) is 2. The molecule has 3 rings (SSSR count). The molecular formula is C18H24ClN3O3. The lowest BCUT2D eigenvalue weighted by atomic mass is 10.1. The van der Waals surface area contributed by atoms with Crippen LogP contribution in [0.2, 0.25) is 5.02 Å². The number of carbonyl (C=O) groups excluding carboxylic acids is 2. The number of anilines is 2. The van der Waals surface area contributed by atoms with Crippen molar-refractivity contribution < 1.29 is 14.7 Å². The summed E-state index contributed by atoms with van der Waals surface area (Å²) in [5.41, 5.74) is 1.51. The van der Waals surface area contributed by atoms with Crippen molar-refractivity contribution in [2.75, 3.05) is 23.3 Å². The second kappa shape index (κ2) is 7.62. The van der Waals surface area contributed by atoms with Gasteiger partial charge in [0.15, 0.2) is 0 Å². The standard InChI is InChI=1S/C18H24ClN3O3/c1-11(23)16(21-17(24)12-4-5-12)18(25)20-13-6-7-15(14(19)10-13)22-8-2-3-9-22/h6-7,10-12,16,23H,2-5,8-9H2,1H3,(H,20,25)(H,21,24)/t11-,16-/m0/s1. The van der Waals surface area contributed by atoms with Gasteiger partial charge in [0.05, 0.1) is 16.8 Å². The summed E-state index contributed by atoms with van der Waals surface area (Å²) < 4.78 is 0. The van der Waals surface area contributed by atoms with E-state index in [4.69, 9.17) is 11.6 Å². The Morgan fingerprint density at radius 3 is 2.52 bits per heavy atom. The zero-order valence-corrected chi connectivity index (χ0v) is 15.1. The molecule has 2 fully saturated rings. The lowest BCUT2D eigenvalue weighted by Crippen LogP contribution is -2.50. The summed E-state index contributed by atoms with van der Waals surface area (Å²) in [4.78, 5) is 26.6. The smallest absolute Gasteiger partial charge is 0.249 e. The predicted molar refractivity (Wildman–Crippen MR) is 97.9 cm³/mol. The van der Waals surface area contributed by atoms with Crippen LogP contribution >= 0.6 is 11.6 Å². The first-order valence-corrected chi connectivity index (χ1v) is 9.17. The Morgan fingerprint density at radius 1 is 1.28 bits per heavy atom. The summed E-state index contributed by atoms with van der Waals surface area (Å²) in [6.07, 6.45) is 3.01. The number of hydrogen-bond donors (Lipinski definition) is 3. The third kappa shape index (κ3) is 4.44. The predicted octanol–water partition coefficient (Wildman–Crippen LogP) is 2.15. The average molecular weight is 366 g/mol.